The number of alkyl halides is 1. The molecule has 2 aromatic carbocycles. The van der Waals surface area contributed by atoms with E-state index >= 15 is 0 Å². The van der Waals surface area contributed by atoms with Crippen LogP contribution in [0.4, 0.5) is 11.4 Å². The zero-order chi connectivity index (χ0) is 14.5. The molecular weight excluding hydrogens is 276 g/mol. The topological polar surface area (TPSA) is 46.4 Å². The molecule has 0 N–H and O–H groups in total. The Morgan fingerprint density at radius 2 is 1.90 bits per heavy atom. The van der Waals surface area contributed by atoms with Gasteiger partial charge in [-0.05, 0) is 17.7 Å². The molecule has 0 spiro atoms. The minimum atomic E-state index is -0.404. The molecule has 4 nitrogen and oxygen atoms in total. The predicted octanol–water partition coefficient (Wildman–Crippen LogP) is 3.97. The van der Waals surface area contributed by atoms with Crippen LogP contribution in [-0.4, -0.2) is 12.0 Å². The van der Waals surface area contributed by atoms with Crippen LogP contribution >= 0.6 is 11.6 Å². The van der Waals surface area contributed by atoms with Crippen molar-refractivity contribution in [1.82, 2.24) is 0 Å². The third-order valence-corrected chi connectivity index (χ3v) is 3.40. The first-order valence-corrected chi connectivity index (χ1v) is 6.73. The number of nitro groups is 1. The van der Waals surface area contributed by atoms with Gasteiger partial charge in [0, 0.05) is 30.9 Å². The van der Waals surface area contributed by atoms with E-state index in [-0.39, 0.29) is 11.6 Å². The molecule has 0 unspecified atom stereocenters. The molecule has 0 aromatic heterocycles. The van der Waals surface area contributed by atoms with Crippen LogP contribution in [0.5, 0.6) is 0 Å². The lowest BCUT2D eigenvalue weighted by molar-refractivity contribution is -0.385. The van der Waals surface area contributed by atoms with E-state index in [9.17, 15) is 10.1 Å². The lowest BCUT2D eigenvalue weighted by Gasteiger charge is -2.20. The standard InChI is InChI=1S/C15H15ClN2O2/c1-17(11-12-5-3-2-4-6-12)14-7-8-15(18(19)20)13(9-14)10-16/h2-9H,10-11H2,1H3. The molecule has 0 saturated heterocycles. The lowest BCUT2D eigenvalue weighted by atomic mass is 10.1. The van der Waals surface area contributed by atoms with Gasteiger partial charge in [0.1, 0.15) is 0 Å². The van der Waals surface area contributed by atoms with Crippen molar-refractivity contribution in [3.05, 3.63) is 69.8 Å². The fourth-order valence-corrected chi connectivity index (χ4v) is 2.26. The van der Waals surface area contributed by atoms with E-state index in [4.69, 9.17) is 11.6 Å². The first-order valence-electron chi connectivity index (χ1n) is 6.20. The molecule has 0 aliphatic carbocycles. The number of hydrogen-bond acceptors (Lipinski definition) is 3. The monoisotopic (exact) mass is 290 g/mol. The van der Waals surface area contributed by atoms with Gasteiger partial charge in [-0.3, -0.25) is 10.1 Å². The van der Waals surface area contributed by atoms with Crippen LogP contribution in [0, 0.1) is 10.1 Å². The zero-order valence-corrected chi connectivity index (χ0v) is 11.9. The van der Waals surface area contributed by atoms with Gasteiger partial charge in [0.05, 0.1) is 10.8 Å². The van der Waals surface area contributed by atoms with Crippen molar-refractivity contribution >= 4 is 23.0 Å². The van der Waals surface area contributed by atoms with Crippen molar-refractivity contribution in [2.75, 3.05) is 11.9 Å². The highest BCUT2D eigenvalue weighted by Gasteiger charge is 2.14. The highest BCUT2D eigenvalue weighted by molar-refractivity contribution is 6.17. The lowest BCUT2D eigenvalue weighted by Crippen LogP contribution is -2.16. The fraction of sp³-hybridized carbons (Fsp3) is 0.200. The van der Waals surface area contributed by atoms with Gasteiger partial charge in [-0.25, -0.2) is 0 Å². The van der Waals surface area contributed by atoms with Gasteiger partial charge in [0.15, 0.2) is 0 Å². The summed E-state index contributed by atoms with van der Waals surface area (Å²) in [6, 6.07) is 15.1. The Morgan fingerprint density at radius 3 is 2.50 bits per heavy atom. The highest BCUT2D eigenvalue weighted by atomic mass is 35.5. The Kier molecular flexibility index (Phi) is 4.58. The molecule has 104 valence electrons. The normalized spacial score (nSPS) is 10.3. The zero-order valence-electron chi connectivity index (χ0n) is 11.1. The van der Waals surface area contributed by atoms with E-state index < -0.39 is 4.92 Å². The molecule has 0 radical (unpaired) electrons. The quantitative estimate of drug-likeness (QED) is 0.475. The first kappa shape index (κ1) is 14.3. The number of nitrogens with zero attached hydrogens (tertiary/aromatic N) is 2. The van der Waals surface area contributed by atoms with Gasteiger partial charge < -0.3 is 4.90 Å². The van der Waals surface area contributed by atoms with Gasteiger partial charge in [-0.15, -0.1) is 11.6 Å². The summed E-state index contributed by atoms with van der Waals surface area (Å²) in [6.07, 6.45) is 0. The van der Waals surface area contributed by atoms with E-state index in [2.05, 4.69) is 0 Å². The molecule has 0 bridgehead atoms. The van der Waals surface area contributed by atoms with Crippen molar-refractivity contribution in [3.8, 4) is 0 Å². The number of rotatable bonds is 5. The van der Waals surface area contributed by atoms with Crippen molar-refractivity contribution in [3.63, 3.8) is 0 Å². The summed E-state index contributed by atoms with van der Waals surface area (Å²) in [4.78, 5) is 12.5. The van der Waals surface area contributed by atoms with E-state index in [1.54, 1.807) is 12.1 Å². The number of halogens is 1. The number of nitro benzene ring substituents is 1. The van der Waals surface area contributed by atoms with Crippen molar-refractivity contribution in [2.24, 2.45) is 0 Å². The maximum absolute atomic E-state index is 10.9. The Bertz CT molecular complexity index is 602. The molecule has 0 saturated carbocycles. The van der Waals surface area contributed by atoms with Gasteiger partial charge in [-0.2, -0.15) is 0 Å². The van der Waals surface area contributed by atoms with Crippen LogP contribution in [0.3, 0.4) is 0 Å². The summed E-state index contributed by atoms with van der Waals surface area (Å²) in [5.74, 6) is 0.128. The van der Waals surface area contributed by atoms with Crippen LogP contribution in [-0.2, 0) is 12.4 Å². The minimum absolute atomic E-state index is 0.0665. The van der Waals surface area contributed by atoms with Crippen LogP contribution in [0.25, 0.3) is 0 Å². The third-order valence-electron chi connectivity index (χ3n) is 3.11. The van der Waals surface area contributed by atoms with Crippen molar-refractivity contribution in [1.29, 1.82) is 0 Å². The van der Waals surface area contributed by atoms with Crippen LogP contribution in [0.2, 0.25) is 0 Å². The van der Waals surface area contributed by atoms with E-state index in [1.807, 2.05) is 42.3 Å². The molecule has 0 heterocycles. The van der Waals surface area contributed by atoms with Crippen LogP contribution < -0.4 is 4.90 Å². The third kappa shape index (κ3) is 3.27. The average molecular weight is 291 g/mol. The van der Waals surface area contributed by atoms with Gasteiger partial charge in [0.2, 0.25) is 0 Å². The molecule has 5 heteroatoms. The molecule has 0 amide bonds. The second-order valence-corrected chi connectivity index (χ2v) is 4.81. The molecular formula is C15H15ClN2O2. The summed E-state index contributed by atoms with van der Waals surface area (Å²) in [5.41, 5.74) is 2.70. The van der Waals surface area contributed by atoms with Gasteiger partial charge >= 0.3 is 0 Å². The van der Waals surface area contributed by atoms with E-state index in [1.165, 1.54) is 11.6 Å². The summed E-state index contributed by atoms with van der Waals surface area (Å²) in [5, 5.41) is 10.9. The smallest absolute Gasteiger partial charge is 0.273 e. The van der Waals surface area contributed by atoms with Crippen LogP contribution in [0.1, 0.15) is 11.1 Å². The molecule has 0 fully saturated rings. The maximum Gasteiger partial charge on any atom is 0.273 e. The fourth-order valence-electron chi connectivity index (χ4n) is 2.04. The van der Waals surface area contributed by atoms with Crippen LogP contribution in [0.15, 0.2) is 48.5 Å². The summed E-state index contributed by atoms with van der Waals surface area (Å²) in [7, 11) is 1.95. The Hall–Kier alpha value is -2.07. The van der Waals surface area contributed by atoms with Crippen molar-refractivity contribution < 1.29 is 4.92 Å². The molecule has 20 heavy (non-hydrogen) atoms. The Morgan fingerprint density at radius 1 is 1.20 bits per heavy atom. The summed E-state index contributed by atoms with van der Waals surface area (Å²) in [6.45, 7) is 0.736. The molecule has 0 aliphatic heterocycles. The van der Waals surface area contributed by atoms with E-state index in [0.717, 1.165) is 12.2 Å². The molecule has 0 aliphatic rings. The molecule has 2 aromatic rings. The van der Waals surface area contributed by atoms with Gasteiger partial charge in [0.25, 0.3) is 5.69 Å². The summed E-state index contributed by atoms with van der Waals surface area (Å²) >= 11 is 5.79. The van der Waals surface area contributed by atoms with E-state index in [0.29, 0.717) is 5.56 Å². The maximum atomic E-state index is 10.9. The van der Waals surface area contributed by atoms with Crippen molar-refractivity contribution in [2.45, 2.75) is 12.4 Å². The Balaban J connectivity index is 2.22. The largest absolute Gasteiger partial charge is 0.370 e. The summed E-state index contributed by atoms with van der Waals surface area (Å²) < 4.78 is 0. The second kappa shape index (κ2) is 6.39. The second-order valence-electron chi connectivity index (χ2n) is 4.55. The van der Waals surface area contributed by atoms with Gasteiger partial charge in [-0.1, -0.05) is 30.3 Å². The molecule has 0 atom stereocenters. The number of anilines is 1. The SMILES string of the molecule is CN(Cc1ccccc1)c1ccc([N+](=O)[O-])c(CCl)c1. The number of benzene rings is 2. The Labute approximate surface area is 122 Å². The number of hydrogen-bond donors (Lipinski definition) is 0. The first-order chi connectivity index (χ1) is 9.61. The minimum Gasteiger partial charge on any atom is -0.370 e. The molecule has 2 rings (SSSR count). The highest BCUT2D eigenvalue weighted by Crippen LogP contribution is 2.26. The average Bonchev–Trinajstić information content (AvgIpc) is 2.47. The predicted molar refractivity (Wildman–Crippen MR) is 81.2 cm³/mol.